The van der Waals surface area contributed by atoms with Gasteiger partial charge in [0.15, 0.2) is 0 Å². The molecule has 0 bridgehead atoms. The molecule has 0 fully saturated rings. The van der Waals surface area contributed by atoms with Crippen LogP contribution in [-0.4, -0.2) is 23.6 Å². The number of carbonyl (C=O) groups excluding carboxylic acids is 4. The van der Waals surface area contributed by atoms with Gasteiger partial charge in [0.2, 0.25) is 23.6 Å². The van der Waals surface area contributed by atoms with Crippen molar-refractivity contribution in [3.8, 4) is 0 Å². The fourth-order valence-electron chi connectivity index (χ4n) is 13.1. The van der Waals surface area contributed by atoms with E-state index in [1.165, 1.54) is 100 Å². The van der Waals surface area contributed by atoms with Crippen molar-refractivity contribution in [3.05, 3.63) is 159 Å². The summed E-state index contributed by atoms with van der Waals surface area (Å²) < 4.78 is 0. The monoisotopic (exact) mass is 1010 g/mol. The number of aryl methyl sites for hydroxylation is 4. The summed E-state index contributed by atoms with van der Waals surface area (Å²) in [6.45, 7) is 8.24. The van der Waals surface area contributed by atoms with Crippen LogP contribution in [0, 0.1) is 51.4 Å². The number of hydrogen-bond donors (Lipinski definition) is 4. The maximum Gasteiger partial charge on any atom is 0.224 e. The molecule has 0 heterocycles. The van der Waals surface area contributed by atoms with E-state index in [-0.39, 0.29) is 47.3 Å². The molecule has 8 nitrogen and oxygen atoms in total. The number of allylic oxidation sites excluding steroid dienone is 4. The Bertz CT molecular complexity index is 2960. The highest BCUT2D eigenvalue weighted by Crippen LogP contribution is 2.49. The highest BCUT2D eigenvalue weighted by molar-refractivity contribution is 6.32. The SMILES string of the molecule is Cc1cc(Cl)cc2c1CC1=C2CCCC1C(N)=O.Cc1cc2c(cc1Cl)C1=C(C2)C(C(N)=O)CCC1.Cc1cc2c(cc1Cl)C1=C(C2)C(C(N)=O)CCC1.Cc1ccc2c(c1)C1=C(C2)C(C(N)=O)CCC1. The number of carbonyl (C=O) groups is 4. The van der Waals surface area contributed by atoms with Crippen molar-refractivity contribution in [2.45, 2.75) is 130 Å². The van der Waals surface area contributed by atoms with E-state index in [9.17, 15) is 19.2 Å². The molecule has 4 aromatic rings. The van der Waals surface area contributed by atoms with Crippen molar-refractivity contribution in [2.75, 3.05) is 0 Å². The Labute approximate surface area is 433 Å². The zero-order valence-electron chi connectivity index (χ0n) is 41.4. The first-order valence-electron chi connectivity index (χ1n) is 25.4. The molecule has 71 heavy (non-hydrogen) atoms. The van der Waals surface area contributed by atoms with Gasteiger partial charge in [-0.15, -0.1) is 0 Å². The van der Waals surface area contributed by atoms with E-state index in [1.807, 2.05) is 26.0 Å². The highest BCUT2D eigenvalue weighted by Gasteiger charge is 2.37. The fraction of sp³-hybridized carbons (Fsp3) is 0.400. The van der Waals surface area contributed by atoms with Crippen LogP contribution in [0.4, 0.5) is 0 Å². The number of primary amides is 4. The van der Waals surface area contributed by atoms with Gasteiger partial charge >= 0.3 is 0 Å². The third-order valence-electron chi connectivity index (χ3n) is 16.6. The Kier molecular flexibility index (Phi) is 14.7. The smallest absolute Gasteiger partial charge is 0.224 e. The molecule has 0 spiro atoms. The molecule has 4 aromatic carbocycles. The molecule has 8 aliphatic rings. The van der Waals surface area contributed by atoms with E-state index in [0.29, 0.717) is 0 Å². The summed E-state index contributed by atoms with van der Waals surface area (Å²) in [7, 11) is 0. The first-order valence-corrected chi connectivity index (χ1v) is 26.6. The summed E-state index contributed by atoms with van der Waals surface area (Å²) >= 11 is 18.6. The van der Waals surface area contributed by atoms with Gasteiger partial charge < -0.3 is 22.9 Å². The number of hydrogen-bond acceptors (Lipinski definition) is 4. The lowest BCUT2D eigenvalue weighted by atomic mass is 9.82. The zero-order chi connectivity index (χ0) is 50.6. The van der Waals surface area contributed by atoms with Crippen LogP contribution in [0.2, 0.25) is 15.1 Å². The second kappa shape index (κ2) is 20.6. The number of nitrogens with two attached hydrogens (primary N) is 4. The topological polar surface area (TPSA) is 172 Å². The number of fused-ring (bicyclic) bond motifs is 8. The second-order valence-electron chi connectivity index (χ2n) is 21.0. The molecule has 12 rings (SSSR count). The maximum absolute atomic E-state index is 11.6. The molecule has 8 aliphatic carbocycles. The molecule has 0 aromatic heterocycles. The van der Waals surface area contributed by atoms with Gasteiger partial charge in [-0.2, -0.15) is 0 Å². The normalized spacial score (nSPS) is 21.9. The Hall–Kier alpha value is -5.41. The van der Waals surface area contributed by atoms with Crippen molar-refractivity contribution in [1.82, 2.24) is 0 Å². The molecule has 4 amide bonds. The lowest BCUT2D eigenvalue weighted by Gasteiger charge is -2.22. The third kappa shape index (κ3) is 9.93. The lowest BCUT2D eigenvalue weighted by Crippen LogP contribution is -2.27. The zero-order valence-corrected chi connectivity index (χ0v) is 43.7. The van der Waals surface area contributed by atoms with Crippen LogP contribution in [0.15, 0.2) is 76.9 Å². The van der Waals surface area contributed by atoms with Crippen molar-refractivity contribution >= 4 is 80.7 Å². The van der Waals surface area contributed by atoms with Crippen LogP contribution in [0.5, 0.6) is 0 Å². The molecule has 370 valence electrons. The predicted molar refractivity (Wildman–Crippen MR) is 288 cm³/mol. The molecule has 4 atom stereocenters. The molecular formula is C60H65Cl3N4O4. The summed E-state index contributed by atoms with van der Waals surface area (Å²) in [5.74, 6) is -0.928. The largest absolute Gasteiger partial charge is 0.369 e. The number of amides is 4. The first kappa shape index (κ1) is 50.5. The van der Waals surface area contributed by atoms with Crippen LogP contribution >= 0.6 is 34.8 Å². The Balaban J connectivity index is 0.000000117. The minimum atomic E-state index is -0.183. The van der Waals surface area contributed by atoms with Gasteiger partial charge in [0.05, 0.1) is 23.7 Å². The summed E-state index contributed by atoms with van der Waals surface area (Å²) in [6.07, 6.45) is 15.6. The van der Waals surface area contributed by atoms with Crippen molar-refractivity contribution in [1.29, 1.82) is 0 Å². The van der Waals surface area contributed by atoms with Gasteiger partial charge in [0.25, 0.3) is 0 Å². The first-order chi connectivity index (χ1) is 33.9. The summed E-state index contributed by atoms with van der Waals surface area (Å²) in [5, 5.41) is 2.40. The molecule has 0 radical (unpaired) electrons. The summed E-state index contributed by atoms with van der Waals surface area (Å²) in [4.78, 5) is 46.2. The average Bonchev–Trinajstić information content (AvgIpc) is 4.10. The number of halogens is 3. The van der Waals surface area contributed by atoms with Crippen molar-refractivity contribution in [3.63, 3.8) is 0 Å². The minimum Gasteiger partial charge on any atom is -0.369 e. The highest BCUT2D eigenvalue weighted by atomic mass is 35.5. The molecule has 8 N–H and O–H groups in total. The quantitative estimate of drug-likeness (QED) is 0.159. The van der Waals surface area contributed by atoms with Gasteiger partial charge in [0.1, 0.15) is 0 Å². The summed E-state index contributed by atoms with van der Waals surface area (Å²) in [5.41, 5.74) is 47.6. The van der Waals surface area contributed by atoms with Crippen LogP contribution < -0.4 is 22.9 Å². The van der Waals surface area contributed by atoms with Crippen molar-refractivity contribution in [2.24, 2.45) is 46.6 Å². The van der Waals surface area contributed by atoms with Gasteiger partial charge in [-0.3, -0.25) is 19.2 Å². The van der Waals surface area contributed by atoms with Gasteiger partial charge in [-0.25, -0.2) is 0 Å². The standard InChI is InChI=1S/3C15H16ClNO.C15H17NO/c2*1-8-5-9-6-13-10(12(9)7-14(8)16)3-2-4-11(13)15(17)18;1-8-5-9(16)6-13-10-3-2-4-11(15(17)18)14(10)7-12(8)13;1-9-5-6-10-8-14-11(13(10)7-9)3-2-4-12(14)15(16)17/h2*5,7,11H,2-4,6H2,1H3,(H2,17,18);5-6,11H,2-4,7H2,1H3,(H2,17,18);5-7,12H,2-4,8H2,1H3,(H2,16,17). The van der Waals surface area contributed by atoms with Gasteiger partial charge in [-0.05, 0) is 260 Å². The molecular weight excluding hydrogens is 947 g/mol. The molecule has 4 unspecified atom stereocenters. The summed E-state index contributed by atoms with van der Waals surface area (Å²) in [6, 6.07) is 19.0. The Morgan fingerprint density at radius 2 is 0.789 bits per heavy atom. The average molecular weight is 1010 g/mol. The van der Waals surface area contributed by atoms with Crippen LogP contribution in [0.3, 0.4) is 0 Å². The number of rotatable bonds is 4. The predicted octanol–water partition coefficient (Wildman–Crippen LogP) is 12.3. The van der Waals surface area contributed by atoms with E-state index in [0.717, 1.165) is 129 Å². The van der Waals surface area contributed by atoms with E-state index in [4.69, 9.17) is 57.7 Å². The molecule has 11 heteroatoms. The van der Waals surface area contributed by atoms with Gasteiger partial charge in [-0.1, -0.05) is 70.7 Å². The van der Waals surface area contributed by atoms with E-state index in [2.05, 4.69) is 56.3 Å². The molecule has 0 saturated carbocycles. The molecule has 0 aliphatic heterocycles. The van der Waals surface area contributed by atoms with Crippen LogP contribution in [0.25, 0.3) is 22.3 Å². The Morgan fingerprint density at radius 3 is 1.20 bits per heavy atom. The molecule has 0 saturated heterocycles. The van der Waals surface area contributed by atoms with Crippen LogP contribution in [0.1, 0.15) is 144 Å². The fourth-order valence-corrected chi connectivity index (χ4v) is 13.7. The van der Waals surface area contributed by atoms with E-state index >= 15 is 0 Å². The Morgan fingerprint density at radius 1 is 0.423 bits per heavy atom. The van der Waals surface area contributed by atoms with E-state index < -0.39 is 0 Å². The maximum atomic E-state index is 11.6. The lowest BCUT2D eigenvalue weighted by molar-refractivity contribution is -0.121. The third-order valence-corrected chi connectivity index (χ3v) is 17.6. The second-order valence-corrected chi connectivity index (χ2v) is 22.3. The van der Waals surface area contributed by atoms with Gasteiger partial charge in [0, 0.05) is 15.1 Å². The van der Waals surface area contributed by atoms with Crippen molar-refractivity contribution < 1.29 is 19.2 Å². The van der Waals surface area contributed by atoms with E-state index in [1.54, 1.807) is 0 Å². The minimum absolute atomic E-state index is 0.0218. The van der Waals surface area contributed by atoms with Crippen LogP contribution in [-0.2, 0) is 44.9 Å². The number of benzene rings is 4.